The van der Waals surface area contributed by atoms with Crippen LogP contribution < -0.4 is 0 Å². The molecule has 13 heavy (non-hydrogen) atoms. The topological polar surface area (TPSA) is 21.6 Å². The van der Waals surface area contributed by atoms with Gasteiger partial charge in [0.15, 0.2) is 6.40 Å². The summed E-state index contributed by atoms with van der Waals surface area (Å²) in [5.74, 6) is 1.33. The van der Waals surface area contributed by atoms with Gasteiger partial charge in [-0.25, -0.2) is 0 Å². The molecule has 0 saturated heterocycles. The zero-order chi connectivity index (χ0) is 10.1. The quantitative estimate of drug-likeness (QED) is 0.337. The number of hydrogen-bond acceptors (Lipinski definition) is 2. The van der Waals surface area contributed by atoms with Crippen LogP contribution in [0.5, 0.6) is 0 Å². The van der Waals surface area contributed by atoms with Crippen molar-refractivity contribution in [1.29, 1.82) is 0 Å². The van der Waals surface area contributed by atoms with Gasteiger partial charge < -0.3 is 4.74 Å². The Kier molecular flexibility index (Phi) is 7.36. The first-order valence-electron chi connectivity index (χ1n) is 5.09. The van der Waals surface area contributed by atoms with Crippen LogP contribution in [0, 0.1) is 5.92 Å². The van der Waals surface area contributed by atoms with E-state index in [0.717, 1.165) is 25.1 Å². The summed E-state index contributed by atoms with van der Waals surface area (Å²) in [6.07, 6.45) is 4.91. The van der Waals surface area contributed by atoms with Crippen LogP contribution in [-0.4, -0.2) is 12.9 Å². The largest absolute Gasteiger partial charge is 0.451 e. The van der Waals surface area contributed by atoms with Gasteiger partial charge in [0.2, 0.25) is 0 Å². The van der Waals surface area contributed by atoms with E-state index in [1.165, 1.54) is 12.8 Å². The molecule has 0 amide bonds. The molecule has 0 bridgehead atoms. The summed E-state index contributed by atoms with van der Waals surface area (Å²) in [6, 6.07) is 0. The lowest BCUT2D eigenvalue weighted by atomic mass is 9.99. The normalized spacial score (nSPS) is 13.2. The van der Waals surface area contributed by atoms with E-state index in [2.05, 4.69) is 25.4 Å². The summed E-state index contributed by atoms with van der Waals surface area (Å²) in [5, 5.41) is 0. The van der Waals surface area contributed by atoms with Crippen molar-refractivity contribution < 1.29 is 4.74 Å². The predicted molar refractivity (Wildman–Crippen MR) is 57.9 cm³/mol. The van der Waals surface area contributed by atoms with Crippen molar-refractivity contribution in [2.24, 2.45) is 10.9 Å². The molecule has 2 nitrogen and oxygen atoms in total. The minimum Gasteiger partial charge on any atom is -0.451 e. The summed E-state index contributed by atoms with van der Waals surface area (Å²) in [7, 11) is 0. The Labute approximate surface area is 81.7 Å². The van der Waals surface area contributed by atoms with Crippen molar-refractivity contribution in [1.82, 2.24) is 0 Å². The molecule has 2 heteroatoms. The zero-order valence-electron chi connectivity index (χ0n) is 9.05. The van der Waals surface area contributed by atoms with Gasteiger partial charge in [0.25, 0.3) is 0 Å². The van der Waals surface area contributed by atoms with Crippen molar-refractivity contribution in [3.63, 3.8) is 0 Å². The number of nitrogens with zero attached hydrogens (tertiary/aromatic N) is 1. The maximum absolute atomic E-state index is 5.30. The van der Waals surface area contributed by atoms with E-state index in [0.29, 0.717) is 5.92 Å². The molecule has 0 aliphatic heterocycles. The van der Waals surface area contributed by atoms with E-state index in [-0.39, 0.29) is 0 Å². The fraction of sp³-hybridized carbons (Fsp3) is 0.727. The van der Waals surface area contributed by atoms with Crippen LogP contribution >= 0.6 is 0 Å². The summed E-state index contributed by atoms with van der Waals surface area (Å²) < 4.78 is 5.30. The lowest BCUT2D eigenvalue weighted by molar-refractivity contribution is 0.331. The van der Waals surface area contributed by atoms with Gasteiger partial charge in [0.05, 0.1) is 0 Å². The van der Waals surface area contributed by atoms with Gasteiger partial charge >= 0.3 is 0 Å². The van der Waals surface area contributed by atoms with E-state index in [1.807, 2.05) is 6.92 Å². The molecule has 0 aliphatic carbocycles. The fourth-order valence-electron chi connectivity index (χ4n) is 1.22. The van der Waals surface area contributed by atoms with Gasteiger partial charge in [0, 0.05) is 12.5 Å². The minimum absolute atomic E-state index is 0.480. The molecule has 0 aromatic heterocycles. The van der Waals surface area contributed by atoms with Crippen LogP contribution in [0.15, 0.2) is 17.3 Å². The van der Waals surface area contributed by atoms with Crippen LogP contribution in [0.3, 0.4) is 0 Å². The van der Waals surface area contributed by atoms with E-state index in [9.17, 15) is 0 Å². The van der Waals surface area contributed by atoms with Gasteiger partial charge in [-0.1, -0.05) is 26.8 Å². The molecule has 0 fully saturated rings. The first kappa shape index (κ1) is 12.2. The summed E-state index contributed by atoms with van der Waals surface area (Å²) in [5.41, 5.74) is 0. The number of rotatable bonds is 7. The van der Waals surface area contributed by atoms with Crippen LogP contribution in [0.1, 0.15) is 40.0 Å². The number of aliphatic imine (C=N–C) groups is 1. The average Bonchev–Trinajstić information content (AvgIpc) is 2.14. The lowest BCUT2D eigenvalue weighted by Crippen LogP contribution is -2.04. The molecule has 0 heterocycles. The summed E-state index contributed by atoms with van der Waals surface area (Å²) >= 11 is 0. The number of allylic oxidation sites excluding steroid dienone is 1. The Bertz CT molecular complexity index is 163. The van der Waals surface area contributed by atoms with E-state index in [4.69, 9.17) is 4.74 Å². The summed E-state index contributed by atoms with van der Waals surface area (Å²) in [6.45, 7) is 11.0. The van der Waals surface area contributed by atoms with Gasteiger partial charge in [-0.05, 0) is 19.8 Å². The smallest absolute Gasteiger partial charge is 0.176 e. The Morgan fingerprint density at radius 3 is 2.62 bits per heavy atom. The van der Waals surface area contributed by atoms with Crippen LogP contribution in [0.2, 0.25) is 0 Å². The zero-order valence-corrected chi connectivity index (χ0v) is 9.05. The maximum atomic E-state index is 5.30. The summed E-state index contributed by atoms with van der Waals surface area (Å²) in [4.78, 5) is 3.98. The second-order valence-corrected chi connectivity index (χ2v) is 3.08. The molecule has 0 aliphatic rings. The molecular formula is C11H21NO. The lowest BCUT2D eigenvalue weighted by Gasteiger charge is -2.14. The molecule has 0 radical (unpaired) electrons. The highest BCUT2D eigenvalue weighted by Gasteiger charge is 2.09. The molecule has 1 atom stereocenters. The van der Waals surface area contributed by atoms with E-state index >= 15 is 0 Å². The maximum Gasteiger partial charge on any atom is 0.176 e. The first-order valence-corrected chi connectivity index (χ1v) is 5.09. The molecule has 0 spiro atoms. The van der Waals surface area contributed by atoms with Crippen molar-refractivity contribution in [2.75, 3.05) is 6.54 Å². The minimum atomic E-state index is 0.480. The van der Waals surface area contributed by atoms with Crippen LogP contribution in [-0.2, 0) is 4.74 Å². The standard InChI is InChI=1S/C11H21NO/c1-5-8-11(6-2)10(4)13-9-12-7-3/h9,11H,4-8H2,1-3H3. The van der Waals surface area contributed by atoms with Crippen molar-refractivity contribution >= 4 is 6.40 Å². The highest BCUT2D eigenvalue weighted by molar-refractivity contribution is 5.48. The second kappa shape index (κ2) is 7.84. The third-order valence-electron chi connectivity index (χ3n) is 2.05. The van der Waals surface area contributed by atoms with Gasteiger partial charge in [0.1, 0.15) is 5.76 Å². The van der Waals surface area contributed by atoms with Crippen molar-refractivity contribution in [3.8, 4) is 0 Å². The monoisotopic (exact) mass is 183 g/mol. The van der Waals surface area contributed by atoms with Crippen LogP contribution in [0.4, 0.5) is 0 Å². The van der Waals surface area contributed by atoms with Gasteiger partial charge in [-0.15, -0.1) is 0 Å². The predicted octanol–water partition coefficient (Wildman–Crippen LogP) is 3.39. The molecule has 0 rings (SSSR count). The molecule has 0 aromatic carbocycles. The van der Waals surface area contributed by atoms with Crippen LogP contribution in [0.25, 0.3) is 0 Å². The fourth-order valence-corrected chi connectivity index (χ4v) is 1.22. The van der Waals surface area contributed by atoms with E-state index < -0.39 is 0 Å². The molecule has 76 valence electrons. The highest BCUT2D eigenvalue weighted by Crippen LogP contribution is 2.19. The number of ether oxygens (including phenoxy) is 1. The molecular weight excluding hydrogens is 162 g/mol. The molecule has 0 aromatic rings. The SMILES string of the molecule is C=C(OC=NCC)C(CC)CCC. The van der Waals surface area contributed by atoms with Gasteiger partial charge in [-0.3, -0.25) is 4.99 Å². The van der Waals surface area contributed by atoms with Gasteiger partial charge in [-0.2, -0.15) is 0 Å². The molecule has 1 unspecified atom stereocenters. The Balaban J connectivity index is 3.83. The van der Waals surface area contributed by atoms with Crippen molar-refractivity contribution in [2.45, 2.75) is 40.0 Å². The third-order valence-corrected chi connectivity index (χ3v) is 2.05. The third kappa shape index (κ3) is 5.45. The second-order valence-electron chi connectivity index (χ2n) is 3.08. The molecule has 0 N–H and O–H groups in total. The average molecular weight is 183 g/mol. The Morgan fingerprint density at radius 2 is 2.15 bits per heavy atom. The number of hydrogen-bond donors (Lipinski definition) is 0. The molecule has 0 saturated carbocycles. The Hall–Kier alpha value is -0.790. The Morgan fingerprint density at radius 1 is 1.46 bits per heavy atom. The first-order chi connectivity index (χ1) is 6.26. The van der Waals surface area contributed by atoms with E-state index in [1.54, 1.807) is 0 Å². The van der Waals surface area contributed by atoms with Crippen molar-refractivity contribution in [3.05, 3.63) is 12.3 Å². The highest BCUT2D eigenvalue weighted by atomic mass is 16.5.